The van der Waals surface area contributed by atoms with E-state index >= 15 is 0 Å². The number of carbonyl (C=O) groups excluding carboxylic acids is 1. The Labute approximate surface area is 143 Å². The molecule has 1 aromatic rings. The SMILES string of the molecule is [2H]C([2H])([2H])C([2H])(N(C(=O)CS(=O)(=O)[O-])c1ccc(F)cc1)C([2H])([2H])[2H].[Na+]. The number of hydrogen-bond donors (Lipinski definition) is 0. The van der Waals surface area contributed by atoms with Crippen molar-refractivity contribution in [1.82, 2.24) is 0 Å². The Bertz CT molecular complexity index is 737. The van der Waals surface area contributed by atoms with E-state index in [9.17, 15) is 22.2 Å². The average Bonchev–Trinajstić information content (AvgIpc) is 2.36. The largest absolute Gasteiger partial charge is 1.00 e. The first-order valence-electron chi connectivity index (χ1n) is 8.03. The molecule has 0 aliphatic carbocycles. The molecule has 1 amide bonds. The molecule has 0 N–H and O–H groups in total. The molecular formula is C11H13FNNaO4S. The molecule has 0 unspecified atom stereocenters. The molecule has 0 radical (unpaired) electrons. The van der Waals surface area contributed by atoms with Crippen LogP contribution in [0, 0.1) is 5.82 Å². The molecule has 100 valence electrons. The van der Waals surface area contributed by atoms with Gasteiger partial charge >= 0.3 is 29.6 Å². The second kappa shape index (κ2) is 7.35. The predicted molar refractivity (Wildman–Crippen MR) is 63.6 cm³/mol. The second-order valence-electron chi connectivity index (χ2n) is 3.26. The van der Waals surface area contributed by atoms with Gasteiger partial charge in [-0.3, -0.25) is 4.79 Å². The van der Waals surface area contributed by atoms with Gasteiger partial charge in [-0.2, -0.15) is 0 Å². The first-order valence-corrected chi connectivity index (χ1v) is 6.10. The number of anilines is 1. The number of halogens is 1. The molecule has 0 aliphatic rings. The number of carbonyl (C=O) groups is 1. The van der Waals surface area contributed by atoms with Gasteiger partial charge in [0.25, 0.3) is 0 Å². The van der Waals surface area contributed by atoms with Crippen molar-refractivity contribution in [3.05, 3.63) is 30.1 Å². The Morgan fingerprint density at radius 2 is 2.00 bits per heavy atom. The predicted octanol–water partition coefficient (Wildman–Crippen LogP) is -1.88. The quantitative estimate of drug-likeness (QED) is 0.482. The number of benzene rings is 1. The molecule has 0 spiro atoms. The number of hydrogen-bond acceptors (Lipinski definition) is 4. The van der Waals surface area contributed by atoms with Crippen LogP contribution in [0.2, 0.25) is 0 Å². The van der Waals surface area contributed by atoms with Gasteiger partial charge in [0, 0.05) is 19.9 Å². The van der Waals surface area contributed by atoms with Crippen LogP contribution in [0.25, 0.3) is 0 Å². The molecular weight excluding hydrogens is 284 g/mol. The third-order valence-corrected chi connectivity index (χ3v) is 2.46. The van der Waals surface area contributed by atoms with E-state index in [1.807, 2.05) is 0 Å². The van der Waals surface area contributed by atoms with Gasteiger partial charge in [0.2, 0.25) is 5.91 Å². The van der Waals surface area contributed by atoms with Crippen LogP contribution >= 0.6 is 0 Å². The van der Waals surface area contributed by atoms with Crippen molar-refractivity contribution >= 4 is 21.7 Å². The van der Waals surface area contributed by atoms with Gasteiger partial charge in [0.1, 0.15) is 21.7 Å². The van der Waals surface area contributed by atoms with Crippen LogP contribution in [0.4, 0.5) is 10.1 Å². The molecule has 0 saturated heterocycles. The van der Waals surface area contributed by atoms with E-state index in [0.29, 0.717) is 0 Å². The van der Waals surface area contributed by atoms with Gasteiger partial charge in [-0.05, 0) is 38.0 Å². The van der Waals surface area contributed by atoms with E-state index in [0.717, 1.165) is 24.3 Å². The summed E-state index contributed by atoms with van der Waals surface area (Å²) in [4.78, 5) is 12.1. The number of amides is 1. The molecule has 0 aliphatic heterocycles. The Hall–Kier alpha value is -0.470. The fraction of sp³-hybridized carbons (Fsp3) is 0.364. The van der Waals surface area contributed by atoms with Crippen molar-refractivity contribution < 1.29 is 61.3 Å². The summed E-state index contributed by atoms with van der Waals surface area (Å²) in [6.45, 7) is -7.23. The zero-order valence-corrected chi connectivity index (χ0v) is 12.7. The van der Waals surface area contributed by atoms with Crippen molar-refractivity contribution in [3.8, 4) is 0 Å². The van der Waals surface area contributed by atoms with Crippen LogP contribution in [0.5, 0.6) is 0 Å². The molecule has 1 rings (SSSR count). The molecule has 8 heteroatoms. The van der Waals surface area contributed by atoms with Crippen molar-refractivity contribution in [3.63, 3.8) is 0 Å². The second-order valence-corrected chi connectivity index (χ2v) is 4.66. The minimum atomic E-state index is -5.20. The maximum Gasteiger partial charge on any atom is 1.00 e. The number of nitrogens with zero attached hydrogens (tertiary/aromatic N) is 1. The van der Waals surface area contributed by atoms with Crippen LogP contribution in [-0.4, -0.2) is 30.6 Å². The topological polar surface area (TPSA) is 77.5 Å². The minimum absolute atomic E-state index is 0. The van der Waals surface area contributed by atoms with Gasteiger partial charge < -0.3 is 9.45 Å². The van der Waals surface area contributed by atoms with Crippen LogP contribution in [0.15, 0.2) is 24.3 Å². The van der Waals surface area contributed by atoms with E-state index in [4.69, 9.17) is 9.60 Å². The minimum Gasteiger partial charge on any atom is -0.748 e. The molecule has 0 fully saturated rings. The fourth-order valence-corrected chi connectivity index (χ4v) is 1.64. The van der Waals surface area contributed by atoms with Crippen LogP contribution < -0.4 is 34.5 Å². The van der Waals surface area contributed by atoms with E-state index in [1.54, 1.807) is 0 Å². The normalized spacial score (nSPS) is 18.3. The standard InChI is InChI=1S/C11H14FNO4S.Na/c1-8(2)13(11(14)7-18(15,16)17)10-5-3-9(12)4-6-10;/h3-6,8H,7H2,1-2H3,(H,15,16,17);/q;+1/p-1/i1D3,2D3,8D;. The van der Waals surface area contributed by atoms with Crippen molar-refractivity contribution in [2.75, 3.05) is 10.7 Å². The van der Waals surface area contributed by atoms with Gasteiger partial charge in [-0.15, -0.1) is 0 Å². The van der Waals surface area contributed by atoms with Crippen LogP contribution in [-0.2, 0) is 14.9 Å². The zero-order valence-electron chi connectivity index (χ0n) is 16.9. The van der Waals surface area contributed by atoms with E-state index in [2.05, 4.69) is 0 Å². The maximum atomic E-state index is 13.1. The zero-order chi connectivity index (χ0) is 19.8. The number of rotatable bonds is 4. The molecule has 0 saturated carbocycles. The van der Waals surface area contributed by atoms with Gasteiger partial charge in [0.05, 0.1) is 1.37 Å². The smallest absolute Gasteiger partial charge is 0.748 e. The fourth-order valence-electron chi connectivity index (χ4n) is 1.20. The summed E-state index contributed by atoms with van der Waals surface area (Å²) in [7, 11) is -5.20. The van der Waals surface area contributed by atoms with E-state index in [1.165, 1.54) is 0 Å². The Balaban J connectivity index is 0.00000625. The summed E-state index contributed by atoms with van der Waals surface area (Å²) >= 11 is 0. The van der Waals surface area contributed by atoms with Crippen LogP contribution in [0.3, 0.4) is 0 Å². The van der Waals surface area contributed by atoms with E-state index < -0.39 is 53.0 Å². The first kappa shape index (κ1) is 9.46. The van der Waals surface area contributed by atoms with E-state index in [-0.39, 0.29) is 34.5 Å². The average molecular weight is 304 g/mol. The maximum absolute atomic E-state index is 13.1. The third kappa shape index (κ3) is 6.01. The summed E-state index contributed by atoms with van der Waals surface area (Å²) < 4.78 is 97.9. The summed E-state index contributed by atoms with van der Waals surface area (Å²) in [6.07, 6.45) is 0. The molecule has 1 aromatic carbocycles. The summed E-state index contributed by atoms with van der Waals surface area (Å²) in [5, 5.41) is 0. The van der Waals surface area contributed by atoms with Crippen LogP contribution in [0.1, 0.15) is 23.3 Å². The summed E-state index contributed by atoms with van der Waals surface area (Å²) in [5.41, 5.74) is -0.558. The first-order chi connectivity index (χ1) is 11.0. The molecule has 0 atom stereocenters. The van der Waals surface area contributed by atoms with Gasteiger partial charge in [0.15, 0.2) is 0 Å². The third-order valence-electron chi connectivity index (χ3n) is 1.86. The Morgan fingerprint density at radius 1 is 1.47 bits per heavy atom. The monoisotopic (exact) mass is 304 g/mol. The summed E-state index contributed by atoms with van der Waals surface area (Å²) in [6, 6.07) is -0.516. The molecule has 0 bridgehead atoms. The van der Waals surface area contributed by atoms with Crippen molar-refractivity contribution in [2.45, 2.75) is 19.7 Å². The molecule has 0 heterocycles. The molecule has 5 nitrogen and oxygen atoms in total. The molecule has 0 aromatic heterocycles. The summed E-state index contributed by atoms with van der Waals surface area (Å²) in [5.74, 6) is -4.31. The van der Waals surface area contributed by atoms with Gasteiger partial charge in [-0.1, -0.05) is 0 Å². The molecule has 19 heavy (non-hydrogen) atoms. The van der Waals surface area contributed by atoms with Crippen molar-refractivity contribution in [1.29, 1.82) is 0 Å². The van der Waals surface area contributed by atoms with Crippen molar-refractivity contribution in [2.24, 2.45) is 0 Å². The Kier molecular flexibility index (Phi) is 3.66. The Morgan fingerprint density at radius 3 is 2.42 bits per heavy atom. The van der Waals surface area contributed by atoms with Gasteiger partial charge in [-0.25, -0.2) is 12.8 Å².